The van der Waals surface area contributed by atoms with Crippen LogP contribution in [-0.2, 0) is 4.79 Å². The number of nitrogens with one attached hydrogen (secondary N) is 1. The highest BCUT2D eigenvalue weighted by atomic mass is 16.2. The van der Waals surface area contributed by atoms with Gasteiger partial charge in [-0.05, 0) is 60.6 Å². The molecule has 0 spiro atoms. The van der Waals surface area contributed by atoms with Crippen molar-refractivity contribution in [1.82, 2.24) is 14.9 Å². The van der Waals surface area contributed by atoms with E-state index in [0.717, 1.165) is 48.4 Å². The van der Waals surface area contributed by atoms with E-state index in [-0.39, 0.29) is 5.91 Å². The van der Waals surface area contributed by atoms with Crippen LogP contribution in [0, 0.1) is 6.92 Å². The van der Waals surface area contributed by atoms with Gasteiger partial charge < -0.3 is 9.88 Å². The first-order valence-corrected chi connectivity index (χ1v) is 10.5. The summed E-state index contributed by atoms with van der Waals surface area (Å²) >= 11 is 0. The zero-order valence-electron chi connectivity index (χ0n) is 17.5. The molecule has 1 aliphatic heterocycles. The molecule has 0 radical (unpaired) electrons. The number of fused-ring (bicyclic) bond motifs is 1. The standard InChI is InChI=1S/C25H29N3O/c1-17(2)20-8-5-19(6-9-20)7-11-24(29)28-14-12-21(13-15-28)25-26-22-10-4-18(3)16-23(22)27-25/h4-11,16-17,21H,12-15H2,1-3H3,(H,26,27)/b11-7+. The molecule has 3 aromatic rings. The minimum Gasteiger partial charge on any atom is -0.342 e. The number of aromatic nitrogens is 2. The minimum absolute atomic E-state index is 0.0941. The predicted molar refractivity (Wildman–Crippen MR) is 119 cm³/mol. The summed E-state index contributed by atoms with van der Waals surface area (Å²) in [6.45, 7) is 8.01. The summed E-state index contributed by atoms with van der Waals surface area (Å²) in [5.74, 6) is 2.06. The fourth-order valence-corrected chi connectivity index (χ4v) is 3.97. The third-order valence-corrected chi connectivity index (χ3v) is 5.87. The Morgan fingerprint density at radius 1 is 1.14 bits per heavy atom. The molecule has 1 fully saturated rings. The van der Waals surface area contributed by atoms with E-state index < -0.39 is 0 Å². The van der Waals surface area contributed by atoms with Crippen molar-refractivity contribution in [2.45, 2.75) is 45.4 Å². The van der Waals surface area contributed by atoms with Crippen LogP contribution in [0.1, 0.15) is 61.0 Å². The number of benzene rings is 2. The second-order valence-electron chi connectivity index (χ2n) is 8.40. The number of nitrogens with zero attached hydrogens (tertiary/aromatic N) is 2. The molecular formula is C25H29N3O. The van der Waals surface area contributed by atoms with Crippen LogP contribution >= 0.6 is 0 Å². The minimum atomic E-state index is 0.0941. The highest BCUT2D eigenvalue weighted by Crippen LogP contribution is 2.28. The maximum Gasteiger partial charge on any atom is 0.246 e. The lowest BCUT2D eigenvalue weighted by atomic mass is 9.96. The van der Waals surface area contributed by atoms with E-state index in [1.165, 1.54) is 11.1 Å². The molecule has 29 heavy (non-hydrogen) atoms. The Morgan fingerprint density at radius 2 is 1.86 bits per heavy atom. The molecule has 150 valence electrons. The molecule has 4 heteroatoms. The van der Waals surface area contributed by atoms with Gasteiger partial charge in [0.15, 0.2) is 0 Å². The molecule has 0 unspecified atom stereocenters. The molecule has 2 heterocycles. The smallest absolute Gasteiger partial charge is 0.246 e. The first-order valence-electron chi connectivity index (χ1n) is 10.5. The number of rotatable bonds is 4. The van der Waals surface area contributed by atoms with Crippen LogP contribution in [-0.4, -0.2) is 33.9 Å². The van der Waals surface area contributed by atoms with Crippen molar-refractivity contribution >= 4 is 23.0 Å². The van der Waals surface area contributed by atoms with E-state index in [4.69, 9.17) is 4.98 Å². The Hall–Kier alpha value is -2.88. The van der Waals surface area contributed by atoms with Crippen molar-refractivity contribution in [3.05, 3.63) is 71.1 Å². The molecule has 4 rings (SSSR count). The number of carbonyl (C=O) groups excluding carboxylic acids is 1. The Kier molecular flexibility index (Phi) is 5.52. The summed E-state index contributed by atoms with van der Waals surface area (Å²) in [5, 5.41) is 0. The number of piperidine rings is 1. The normalized spacial score (nSPS) is 15.7. The molecule has 0 saturated carbocycles. The Morgan fingerprint density at radius 3 is 2.55 bits per heavy atom. The number of imidazole rings is 1. The van der Waals surface area contributed by atoms with Crippen molar-refractivity contribution in [3.8, 4) is 0 Å². The quantitative estimate of drug-likeness (QED) is 0.608. The van der Waals surface area contributed by atoms with Crippen LogP contribution in [0.2, 0.25) is 0 Å². The Balaban J connectivity index is 1.35. The SMILES string of the molecule is Cc1ccc2nc(C3CCN(C(=O)/C=C/c4ccc(C(C)C)cc4)CC3)[nH]c2c1. The third-order valence-electron chi connectivity index (χ3n) is 5.87. The predicted octanol–water partition coefficient (Wildman–Crippen LogP) is 5.41. The highest BCUT2D eigenvalue weighted by Gasteiger charge is 2.24. The maximum atomic E-state index is 12.6. The first-order chi connectivity index (χ1) is 14.0. The van der Waals surface area contributed by atoms with Crippen LogP contribution < -0.4 is 0 Å². The zero-order valence-corrected chi connectivity index (χ0v) is 17.5. The Labute approximate surface area is 172 Å². The summed E-state index contributed by atoms with van der Waals surface area (Å²) in [5.41, 5.74) is 5.74. The molecular weight excluding hydrogens is 358 g/mol. The molecule has 0 aliphatic carbocycles. The number of hydrogen-bond acceptors (Lipinski definition) is 2. The van der Waals surface area contributed by atoms with Gasteiger partial charge in [-0.1, -0.05) is 44.2 Å². The molecule has 1 amide bonds. The van der Waals surface area contributed by atoms with E-state index >= 15 is 0 Å². The first kappa shape index (κ1) is 19.4. The maximum absolute atomic E-state index is 12.6. The van der Waals surface area contributed by atoms with Crippen LogP contribution in [0.25, 0.3) is 17.1 Å². The van der Waals surface area contributed by atoms with Crippen LogP contribution in [0.15, 0.2) is 48.5 Å². The average Bonchev–Trinajstić information content (AvgIpc) is 3.15. The van der Waals surface area contributed by atoms with Gasteiger partial charge in [0, 0.05) is 25.1 Å². The van der Waals surface area contributed by atoms with Crippen LogP contribution in [0.3, 0.4) is 0 Å². The lowest BCUT2D eigenvalue weighted by molar-refractivity contribution is -0.127. The van der Waals surface area contributed by atoms with Gasteiger partial charge in [0.2, 0.25) is 5.91 Å². The number of amides is 1. The van der Waals surface area contributed by atoms with Crippen LogP contribution in [0.5, 0.6) is 0 Å². The zero-order chi connectivity index (χ0) is 20.4. The second kappa shape index (κ2) is 8.24. The number of hydrogen-bond donors (Lipinski definition) is 1. The van der Waals surface area contributed by atoms with E-state index in [0.29, 0.717) is 11.8 Å². The summed E-state index contributed by atoms with van der Waals surface area (Å²) in [7, 11) is 0. The molecule has 0 atom stereocenters. The summed E-state index contributed by atoms with van der Waals surface area (Å²) in [4.78, 5) is 22.8. The molecule has 1 aliphatic rings. The highest BCUT2D eigenvalue weighted by molar-refractivity contribution is 5.91. The van der Waals surface area contributed by atoms with Crippen molar-refractivity contribution in [1.29, 1.82) is 0 Å². The van der Waals surface area contributed by atoms with Gasteiger partial charge in [-0.2, -0.15) is 0 Å². The molecule has 2 aromatic carbocycles. The van der Waals surface area contributed by atoms with Gasteiger partial charge >= 0.3 is 0 Å². The molecule has 1 N–H and O–H groups in total. The van der Waals surface area contributed by atoms with Gasteiger partial charge in [-0.25, -0.2) is 4.98 Å². The average molecular weight is 388 g/mol. The number of likely N-dealkylation sites (tertiary alicyclic amines) is 1. The number of carbonyl (C=O) groups is 1. The fraction of sp³-hybridized carbons (Fsp3) is 0.360. The summed E-state index contributed by atoms with van der Waals surface area (Å²) < 4.78 is 0. The molecule has 4 nitrogen and oxygen atoms in total. The summed E-state index contributed by atoms with van der Waals surface area (Å²) in [6, 6.07) is 14.7. The number of H-pyrrole nitrogens is 1. The molecule has 0 bridgehead atoms. The van der Waals surface area contributed by atoms with Gasteiger partial charge in [0.05, 0.1) is 11.0 Å². The van der Waals surface area contributed by atoms with Gasteiger partial charge in [-0.15, -0.1) is 0 Å². The van der Waals surface area contributed by atoms with E-state index in [1.54, 1.807) is 6.08 Å². The van der Waals surface area contributed by atoms with E-state index in [9.17, 15) is 4.79 Å². The lowest BCUT2D eigenvalue weighted by Crippen LogP contribution is -2.37. The van der Waals surface area contributed by atoms with Crippen molar-refractivity contribution in [2.24, 2.45) is 0 Å². The lowest BCUT2D eigenvalue weighted by Gasteiger charge is -2.30. The Bertz CT molecular complexity index is 1020. The van der Waals surface area contributed by atoms with Crippen molar-refractivity contribution in [3.63, 3.8) is 0 Å². The van der Waals surface area contributed by atoms with Crippen molar-refractivity contribution < 1.29 is 4.79 Å². The topological polar surface area (TPSA) is 49.0 Å². The van der Waals surface area contributed by atoms with Gasteiger partial charge in [0.25, 0.3) is 0 Å². The number of aryl methyl sites for hydroxylation is 1. The van der Waals surface area contributed by atoms with Gasteiger partial charge in [0.1, 0.15) is 5.82 Å². The molecule has 1 saturated heterocycles. The largest absolute Gasteiger partial charge is 0.342 e. The second-order valence-corrected chi connectivity index (χ2v) is 8.40. The van der Waals surface area contributed by atoms with E-state index in [1.807, 2.05) is 11.0 Å². The van der Waals surface area contributed by atoms with Crippen molar-refractivity contribution in [2.75, 3.05) is 13.1 Å². The van der Waals surface area contributed by atoms with Gasteiger partial charge in [-0.3, -0.25) is 4.79 Å². The molecule has 1 aromatic heterocycles. The monoisotopic (exact) mass is 387 g/mol. The fourth-order valence-electron chi connectivity index (χ4n) is 3.97. The van der Waals surface area contributed by atoms with Crippen LogP contribution in [0.4, 0.5) is 0 Å². The summed E-state index contributed by atoms with van der Waals surface area (Å²) in [6.07, 6.45) is 5.51. The third kappa shape index (κ3) is 4.42. The van der Waals surface area contributed by atoms with E-state index in [2.05, 4.69) is 68.2 Å². The number of aromatic amines is 1.